The number of rotatable bonds is 4. The standard InChI is InChI=1S/C17H19BrN2O3S/c1-17(2,3)20-24(22,23)13-10-8-12(9-11-13)16(21)19-15-7-5-4-6-14(15)18/h4-11,20H,1-3H3,(H,19,21). The van der Waals surface area contributed by atoms with E-state index in [1.807, 2.05) is 18.2 Å². The molecule has 0 unspecified atom stereocenters. The largest absolute Gasteiger partial charge is 0.321 e. The van der Waals surface area contributed by atoms with Crippen molar-refractivity contribution < 1.29 is 13.2 Å². The molecule has 0 heterocycles. The number of carbonyl (C=O) groups is 1. The van der Waals surface area contributed by atoms with Crippen molar-refractivity contribution >= 4 is 37.5 Å². The molecular weight excluding hydrogens is 392 g/mol. The van der Waals surface area contributed by atoms with E-state index in [4.69, 9.17) is 0 Å². The fraction of sp³-hybridized carbons (Fsp3) is 0.235. The lowest BCUT2D eigenvalue weighted by Gasteiger charge is -2.20. The Bertz CT molecular complexity index is 841. The summed E-state index contributed by atoms with van der Waals surface area (Å²) in [5.41, 5.74) is 0.447. The van der Waals surface area contributed by atoms with Gasteiger partial charge in [-0.3, -0.25) is 4.79 Å². The monoisotopic (exact) mass is 410 g/mol. The third-order valence-electron chi connectivity index (χ3n) is 2.99. The van der Waals surface area contributed by atoms with E-state index in [-0.39, 0.29) is 10.8 Å². The summed E-state index contributed by atoms with van der Waals surface area (Å²) in [5, 5.41) is 2.77. The topological polar surface area (TPSA) is 75.3 Å². The van der Waals surface area contributed by atoms with Crippen molar-refractivity contribution in [2.75, 3.05) is 5.32 Å². The van der Waals surface area contributed by atoms with Gasteiger partial charge >= 0.3 is 0 Å². The fourth-order valence-corrected chi connectivity index (χ4v) is 3.81. The van der Waals surface area contributed by atoms with Crippen molar-refractivity contribution in [3.8, 4) is 0 Å². The van der Waals surface area contributed by atoms with Crippen LogP contribution in [-0.4, -0.2) is 19.9 Å². The van der Waals surface area contributed by atoms with Crippen molar-refractivity contribution in [1.29, 1.82) is 0 Å². The maximum Gasteiger partial charge on any atom is 0.255 e. The summed E-state index contributed by atoms with van der Waals surface area (Å²) in [7, 11) is -3.62. The average molecular weight is 411 g/mol. The van der Waals surface area contributed by atoms with Gasteiger partial charge in [-0.05, 0) is 73.1 Å². The molecule has 2 N–H and O–H groups in total. The van der Waals surface area contributed by atoms with Crippen LogP contribution in [0.1, 0.15) is 31.1 Å². The van der Waals surface area contributed by atoms with E-state index in [2.05, 4.69) is 26.0 Å². The second-order valence-electron chi connectivity index (χ2n) is 6.31. The van der Waals surface area contributed by atoms with Gasteiger partial charge in [0.15, 0.2) is 0 Å². The summed E-state index contributed by atoms with van der Waals surface area (Å²) in [6, 6.07) is 13.1. The number of hydrogen-bond acceptors (Lipinski definition) is 3. The van der Waals surface area contributed by atoms with Crippen molar-refractivity contribution in [1.82, 2.24) is 4.72 Å². The van der Waals surface area contributed by atoms with Crippen molar-refractivity contribution in [3.05, 3.63) is 58.6 Å². The molecule has 0 saturated carbocycles. The SMILES string of the molecule is CC(C)(C)NS(=O)(=O)c1ccc(C(=O)Nc2ccccc2Br)cc1. The predicted octanol–water partition coefficient (Wildman–Crippen LogP) is 3.78. The lowest BCUT2D eigenvalue weighted by Crippen LogP contribution is -2.40. The summed E-state index contributed by atoms with van der Waals surface area (Å²) in [6.07, 6.45) is 0. The zero-order valence-electron chi connectivity index (χ0n) is 13.6. The molecule has 0 aliphatic carbocycles. The van der Waals surface area contributed by atoms with Gasteiger partial charge < -0.3 is 5.32 Å². The van der Waals surface area contributed by atoms with Gasteiger partial charge in [0.1, 0.15) is 0 Å². The molecule has 2 aromatic rings. The van der Waals surface area contributed by atoms with E-state index < -0.39 is 15.6 Å². The van der Waals surface area contributed by atoms with Crippen LogP contribution in [0.5, 0.6) is 0 Å². The van der Waals surface area contributed by atoms with Gasteiger partial charge in [-0.25, -0.2) is 13.1 Å². The van der Waals surface area contributed by atoms with Gasteiger partial charge in [0.25, 0.3) is 5.91 Å². The number of halogens is 1. The second kappa shape index (κ2) is 7.04. The zero-order chi connectivity index (χ0) is 18.0. The molecule has 0 atom stereocenters. The Kier molecular flexibility index (Phi) is 5.47. The number of carbonyl (C=O) groups excluding carboxylic acids is 1. The Balaban J connectivity index is 2.17. The number of benzene rings is 2. The number of hydrogen-bond donors (Lipinski definition) is 2. The maximum atomic E-state index is 12.3. The molecule has 0 saturated heterocycles. The minimum Gasteiger partial charge on any atom is -0.321 e. The Morgan fingerprint density at radius 1 is 1.00 bits per heavy atom. The van der Waals surface area contributed by atoms with Gasteiger partial charge in [-0.15, -0.1) is 0 Å². The van der Waals surface area contributed by atoms with Crippen molar-refractivity contribution in [3.63, 3.8) is 0 Å². The maximum absolute atomic E-state index is 12.3. The van der Waals surface area contributed by atoms with Crippen LogP contribution in [0, 0.1) is 0 Å². The average Bonchev–Trinajstić information content (AvgIpc) is 2.47. The molecule has 0 aromatic heterocycles. The number of para-hydroxylation sites is 1. The van der Waals surface area contributed by atoms with E-state index >= 15 is 0 Å². The summed E-state index contributed by atoms with van der Waals surface area (Å²) in [6.45, 7) is 5.30. The predicted molar refractivity (Wildman–Crippen MR) is 98.6 cm³/mol. The first kappa shape index (κ1) is 18.6. The molecule has 0 fully saturated rings. The third-order valence-corrected chi connectivity index (χ3v) is 5.45. The Labute approximate surface area is 150 Å². The van der Waals surface area contributed by atoms with Crippen LogP contribution in [-0.2, 0) is 10.0 Å². The molecule has 128 valence electrons. The van der Waals surface area contributed by atoms with Crippen LogP contribution in [0.4, 0.5) is 5.69 Å². The van der Waals surface area contributed by atoms with E-state index in [1.54, 1.807) is 26.8 Å². The molecule has 5 nitrogen and oxygen atoms in total. The molecule has 0 bridgehead atoms. The van der Waals surface area contributed by atoms with Crippen LogP contribution in [0.3, 0.4) is 0 Å². The summed E-state index contributed by atoms with van der Waals surface area (Å²) < 4.78 is 27.8. The Morgan fingerprint density at radius 3 is 2.12 bits per heavy atom. The molecule has 0 aliphatic rings. The zero-order valence-corrected chi connectivity index (χ0v) is 16.0. The van der Waals surface area contributed by atoms with Crippen LogP contribution < -0.4 is 10.0 Å². The summed E-state index contributed by atoms with van der Waals surface area (Å²) in [5.74, 6) is -0.311. The number of nitrogens with one attached hydrogen (secondary N) is 2. The molecule has 1 amide bonds. The van der Waals surface area contributed by atoms with Crippen LogP contribution in [0.2, 0.25) is 0 Å². The highest BCUT2D eigenvalue weighted by atomic mass is 79.9. The van der Waals surface area contributed by atoms with Gasteiger partial charge in [0, 0.05) is 15.6 Å². The van der Waals surface area contributed by atoms with Crippen molar-refractivity contribution in [2.45, 2.75) is 31.2 Å². The van der Waals surface area contributed by atoms with E-state index in [9.17, 15) is 13.2 Å². The van der Waals surface area contributed by atoms with E-state index in [0.717, 1.165) is 4.47 Å². The molecule has 0 radical (unpaired) electrons. The molecule has 2 aromatic carbocycles. The quantitative estimate of drug-likeness (QED) is 0.804. The minimum absolute atomic E-state index is 0.120. The molecule has 7 heteroatoms. The minimum atomic E-state index is -3.62. The fourth-order valence-electron chi connectivity index (χ4n) is 2.00. The molecule has 0 aliphatic heterocycles. The smallest absolute Gasteiger partial charge is 0.255 e. The van der Waals surface area contributed by atoms with Crippen molar-refractivity contribution in [2.24, 2.45) is 0 Å². The lowest BCUT2D eigenvalue weighted by molar-refractivity contribution is 0.102. The molecule has 0 spiro atoms. The van der Waals surface area contributed by atoms with Crippen LogP contribution >= 0.6 is 15.9 Å². The number of anilines is 1. The number of amides is 1. The van der Waals surface area contributed by atoms with E-state index in [0.29, 0.717) is 11.3 Å². The molecule has 24 heavy (non-hydrogen) atoms. The van der Waals surface area contributed by atoms with Gasteiger partial charge in [-0.1, -0.05) is 12.1 Å². The highest BCUT2D eigenvalue weighted by molar-refractivity contribution is 9.10. The molecular formula is C17H19BrN2O3S. The van der Waals surface area contributed by atoms with Crippen LogP contribution in [0.15, 0.2) is 57.9 Å². The third kappa shape index (κ3) is 4.90. The van der Waals surface area contributed by atoms with Gasteiger partial charge in [0.2, 0.25) is 10.0 Å². The lowest BCUT2D eigenvalue weighted by atomic mass is 10.1. The second-order valence-corrected chi connectivity index (χ2v) is 8.85. The summed E-state index contributed by atoms with van der Waals surface area (Å²) >= 11 is 3.36. The normalized spacial score (nSPS) is 12.0. The van der Waals surface area contributed by atoms with Gasteiger partial charge in [-0.2, -0.15) is 0 Å². The Morgan fingerprint density at radius 2 is 1.58 bits per heavy atom. The van der Waals surface area contributed by atoms with Crippen LogP contribution in [0.25, 0.3) is 0 Å². The van der Waals surface area contributed by atoms with Gasteiger partial charge in [0.05, 0.1) is 10.6 Å². The highest BCUT2D eigenvalue weighted by Crippen LogP contribution is 2.22. The highest BCUT2D eigenvalue weighted by Gasteiger charge is 2.22. The first-order chi connectivity index (χ1) is 11.1. The first-order valence-electron chi connectivity index (χ1n) is 7.28. The number of sulfonamides is 1. The summed E-state index contributed by atoms with van der Waals surface area (Å²) in [4.78, 5) is 12.4. The first-order valence-corrected chi connectivity index (χ1v) is 9.56. The Hall–Kier alpha value is -1.70. The molecule has 2 rings (SSSR count). The van der Waals surface area contributed by atoms with E-state index in [1.165, 1.54) is 24.3 Å².